The molecule has 2 atom stereocenters. The number of hydrogen-bond acceptors (Lipinski definition) is 4. The van der Waals surface area contributed by atoms with Crippen molar-refractivity contribution in [3.8, 4) is 0 Å². The van der Waals surface area contributed by atoms with Crippen molar-refractivity contribution in [2.24, 2.45) is 17.8 Å². The van der Waals surface area contributed by atoms with E-state index >= 15 is 0 Å². The number of carbonyl (C=O) groups is 2. The van der Waals surface area contributed by atoms with Crippen LogP contribution in [0.3, 0.4) is 0 Å². The van der Waals surface area contributed by atoms with E-state index in [1.165, 1.54) is 4.31 Å². The maximum absolute atomic E-state index is 12.6. The maximum Gasteiger partial charge on any atom is 0.307 e. The number of nitrogens with one attached hydrogen (secondary N) is 1. The van der Waals surface area contributed by atoms with Gasteiger partial charge in [-0.1, -0.05) is 18.2 Å². The summed E-state index contributed by atoms with van der Waals surface area (Å²) in [6.45, 7) is 1.33. The van der Waals surface area contributed by atoms with Crippen molar-refractivity contribution < 1.29 is 23.1 Å². The molecule has 1 heterocycles. The monoisotopic (exact) mass is 366 g/mol. The van der Waals surface area contributed by atoms with Crippen LogP contribution < -0.4 is 5.32 Å². The molecule has 0 spiro atoms. The van der Waals surface area contributed by atoms with Gasteiger partial charge in [-0.15, -0.1) is 0 Å². The molecule has 0 radical (unpaired) electrons. The number of aliphatic carboxylic acids is 1. The maximum atomic E-state index is 12.6. The summed E-state index contributed by atoms with van der Waals surface area (Å²) in [5, 5.41) is 11.7. The van der Waals surface area contributed by atoms with E-state index in [9.17, 15) is 18.0 Å². The number of carboxylic acids is 1. The summed E-state index contributed by atoms with van der Waals surface area (Å²) >= 11 is 0. The molecular weight excluding hydrogens is 344 g/mol. The van der Waals surface area contributed by atoms with Crippen LogP contribution in [-0.2, 0) is 19.6 Å². The SMILES string of the molecule is O=C(O)C1CC1C(=O)NCC1CCN(S(=O)(=O)c2ccccc2)CC1. The van der Waals surface area contributed by atoms with Gasteiger partial charge < -0.3 is 10.4 Å². The first-order valence-electron chi connectivity index (χ1n) is 8.45. The molecule has 0 bridgehead atoms. The van der Waals surface area contributed by atoms with Crippen LogP contribution in [0.2, 0.25) is 0 Å². The highest BCUT2D eigenvalue weighted by Gasteiger charge is 2.48. The molecule has 2 unspecified atom stereocenters. The Labute approximate surface area is 147 Å². The molecule has 8 heteroatoms. The second-order valence-electron chi connectivity index (χ2n) is 6.69. The first-order valence-corrected chi connectivity index (χ1v) is 9.89. The van der Waals surface area contributed by atoms with E-state index in [-0.39, 0.29) is 11.8 Å². The standard InChI is InChI=1S/C17H22N2O5S/c20-16(14-10-15(14)17(21)22)18-11-12-6-8-19(9-7-12)25(23,24)13-4-2-1-3-5-13/h1-5,12,14-15H,6-11H2,(H,18,20)(H,21,22). The van der Waals surface area contributed by atoms with Crippen LogP contribution in [0.1, 0.15) is 19.3 Å². The summed E-state index contributed by atoms with van der Waals surface area (Å²) in [7, 11) is -3.46. The zero-order chi connectivity index (χ0) is 18.0. The topological polar surface area (TPSA) is 104 Å². The van der Waals surface area contributed by atoms with Gasteiger partial charge in [0.2, 0.25) is 15.9 Å². The number of nitrogens with zero attached hydrogens (tertiary/aromatic N) is 1. The van der Waals surface area contributed by atoms with Gasteiger partial charge in [0.05, 0.1) is 16.7 Å². The third-order valence-corrected chi connectivity index (χ3v) is 6.88. The van der Waals surface area contributed by atoms with Gasteiger partial charge in [0.1, 0.15) is 0 Å². The molecule has 7 nitrogen and oxygen atoms in total. The van der Waals surface area contributed by atoms with Gasteiger partial charge in [-0.05, 0) is 37.3 Å². The second-order valence-corrected chi connectivity index (χ2v) is 8.63. The number of carbonyl (C=O) groups excluding carboxylic acids is 1. The molecule has 0 aromatic heterocycles. The highest BCUT2D eigenvalue weighted by molar-refractivity contribution is 7.89. The average molecular weight is 366 g/mol. The molecule has 2 aliphatic rings. The first-order chi connectivity index (χ1) is 11.9. The Morgan fingerprint density at radius 1 is 1.12 bits per heavy atom. The number of piperidine rings is 1. The molecule has 25 heavy (non-hydrogen) atoms. The third kappa shape index (κ3) is 4.01. The van der Waals surface area contributed by atoms with Crippen LogP contribution in [0.4, 0.5) is 0 Å². The van der Waals surface area contributed by atoms with Crippen molar-refractivity contribution in [1.82, 2.24) is 9.62 Å². The summed E-state index contributed by atoms with van der Waals surface area (Å²) in [4.78, 5) is 23.0. The number of hydrogen-bond donors (Lipinski definition) is 2. The van der Waals surface area contributed by atoms with E-state index in [1.54, 1.807) is 30.3 Å². The Morgan fingerprint density at radius 3 is 2.32 bits per heavy atom. The van der Waals surface area contributed by atoms with Crippen LogP contribution in [0.25, 0.3) is 0 Å². The fraction of sp³-hybridized carbons (Fsp3) is 0.529. The van der Waals surface area contributed by atoms with E-state index in [4.69, 9.17) is 5.11 Å². The van der Waals surface area contributed by atoms with E-state index < -0.39 is 27.8 Å². The van der Waals surface area contributed by atoms with Gasteiger partial charge in [0, 0.05) is 19.6 Å². The normalized spacial score (nSPS) is 24.6. The molecule has 2 N–H and O–H groups in total. The van der Waals surface area contributed by atoms with Gasteiger partial charge in [0.15, 0.2) is 0 Å². The molecule has 1 aromatic carbocycles. The Kier molecular flexibility index (Phi) is 5.10. The Balaban J connectivity index is 1.46. The zero-order valence-corrected chi connectivity index (χ0v) is 14.6. The van der Waals surface area contributed by atoms with Crippen LogP contribution in [0.5, 0.6) is 0 Å². The summed E-state index contributed by atoms with van der Waals surface area (Å²) in [5.74, 6) is -1.85. The number of amides is 1. The molecule has 1 aliphatic carbocycles. The third-order valence-electron chi connectivity index (χ3n) is 4.96. The van der Waals surface area contributed by atoms with Crippen molar-refractivity contribution in [2.45, 2.75) is 24.2 Å². The minimum absolute atomic E-state index is 0.202. The number of rotatable bonds is 6. The van der Waals surface area contributed by atoms with Gasteiger partial charge in [-0.25, -0.2) is 8.42 Å². The molecule has 1 saturated heterocycles. The lowest BCUT2D eigenvalue weighted by atomic mass is 9.98. The molecule has 1 aliphatic heterocycles. The Hall–Kier alpha value is -1.93. The Bertz CT molecular complexity index is 742. The van der Waals surface area contributed by atoms with Gasteiger partial charge in [0.25, 0.3) is 0 Å². The van der Waals surface area contributed by atoms with Crippen molar-refractivity contribution in [2.75, 3.05) is 19.6 Å². The van der Waals surface area contributed by atoms with Crippen molar-refractivity contribution >= 4 is 21.9 Å². The molecule has 136 valence electrons. The summed E-state index contributed by atoms with van der Waals surface area (Å²) in [6.07, 6.45) is 1.77. The van der Waals surface area contributed by atoms with Crippen LogP contribution in [-0.4, -0.2) is 49.3 Å². The van der Waals surface area contributed by atoms with Crippen LogP contribution >= 0.6 is 0 Å². The number of carboxylic acid groups (broad SMARTS) is 1. The Morgan fingerprint density at radius 2 is 1.76 bits per heavy atom. The fourth-order valence-electron chi connectivity index (χ4n) is 3.23. The number of sulfonamides is 1. The largest absolute Gasteiger partial charge is 0.481 e. The fourth-order valence-corrected chi connectivity index (χ4v) is 4.72. The molecule has 1 amide bonds. The first kappa shape index (κ1) is 17.9. The lowest BCUT2D eigenvalue weighted by Crippen LogP contribution is -2.41. The zero-order valence-electron chi connectivity index (χ0n) is 13.8. The van der Waals surface area contributed by atoms with E-state index in [0.29, 0.717) is 43.8 Å². The average Bonchev–Trinajstić information content (AvgIpc) is 3.42. The minimum atomic E-state index is -3.46. The summed E-state index contributed by atoms with van der Waals surface area (Å²) in [6, 6.07) is 8.38. The minimum Gasteiger partial charge on any atom is -0.481 e. The highest BCUT2D eigenvalue weighted by Crippen LogP contribution is 2.38. The van der Waals surface area contributed by atoms with Crippen molar-refractivity contribution in [3.63, 3.8) is 0 Å². The number of benzene rings is 1. The van der Waals surface area contributed by atoms with Crippen molar-refractivity contribution in [3.05, 3.63) is 30.3 Å². The second kappa shape index (κ2) is 7.13. The van der Waals surface area contributed by atoms with E-state index in [1.807, 2.05) is 0 Å². The molecule has 1 aromatic rings. The lowest BCUT2D eigenvalue weighted by Gasteiger charge is -2.31. The predicted molar refractivity (Wildman–Crippen MR) is 90.2 cm³/mol. The molecular formula is C17H22N2O5S. The van der Waals surface area contributed by atoms with Crippen LogP contribution in [0.15, 0.2) is 35.2 Å². The highest BCUT2D eigenvalue weighted by atomic mass is 32.2. The lowest BCUT2D eigenvalue weighted by molar-refractivity contribution is -0.140. The molecule has 2 fully saturated rings. The van der Waals surface area contributed by atoms with Gasteiger partial charge in [-0.2, -0.15) is 4.31 Å². The summed E-state index contributed by atoms with van der Waals surface area (Å²) < 4.78 is 26.6. The molecule has 3 rings (SSSR count). The van der Waals surface area contributed by atoms with E-state index in [0.717, 1.165) is 0 Å². The quantitative estimate of drug-likeness (QED) is 0.779. The van der Waals surface area contributed by atoms with Gasteiger partial charge >= 0.3 is 5.97 Å². The molecule has 1 saturated carbocycles. The smallest absolute Gasteiger partial charge is 0.307 e. The van der Waals surface area contributed by atoms with Gasteiger partial charge in [-0.3, -0.25) is 9.59 Å². The van der Waals surface area contributed by atoms with E-state index in [2.05, 4.69) is 5.32 Å². The summed E-state index contributed by atoms with van der Waals surface area (Å²) in [5.41, 5.74) is 0. The predicted octanol–water partition coefficient (Wildman–Crippen LogP) is 0.924. The van der Waals surface area contributed by atoms with Crippen LogP contribution in [0, 0.1) is 17.8 Å². The van der Waals surface area contributed by atoms with Crippen molar-refractivity contribution in [1.29, 1.82) is 0 Å².